The highest BCUT2D eigenvalue weighted by atomic mass is 32.1. The lowest BCUT2D eigenvalue weighted by Crippen LogP contribution is -2.36. The summed E-state index contributed by atoms with van der Waals surface area (Å²) < 4.78 is 5.35. The van der Waals surface area contributed by atoms with E-state index in [4.69, 9.17) is 4.74 Å². The van der Waals surface area contributed by atoms with Crippen molar-refractivity contribution in [3.63, 3.8) is 0 Å². The van der Waals surface area contributed by atoms with E-state index in [1.807, 2.05) is 5.38 Å². The number of aromatic nitrogens is 1. The number of hydrazone groups is 1. The molecule has 1 aromatic rings. The van der Waals surface area contributed by atoms with Gasteiger partial charge in [0.25, 0.3) is 0 Å². The Hall–Kier alpha value is -1.73. The predicted molar refractivity (Wildman–Crippen MR) is 108 cm³/mol. The van der Waals surface area contributed by atoms with Gasteiger partial charge in [-0.2, -0.15) is 5.10 Å². The lowest BCUT2D eigenvalue weighted by Gasteiger charge is -2.26. The third-order valence-corrected chi connectivity index (χ3v) is 5.11. The molecule has 7 heteroatoms. The summed E-state index contributed by atoms with van der Waals surface area (Å²) in [5.41, 5.74) is 4.75. The van der Waals surface area contributed by atoms with Crippen molar-refractivity contribution in [3.8, 4) is 0 Å². The average molecular weight is 379 g/mol. The van der Waals surface area contributed by atoms with E-state index >= 15 is 0 Å². The highest BCUT2D eigenvalue weighted by molar-refractivity contribution is 7.13. The van der Waals surface area contributed by atoms with E-state index in [2.05, 4.69) is 47.3 Å². The number of anilines is 1. The number of nitrogens with one attached hydrogen (secondary N) is 1. The van der Waals surface area contributed by atoms with Crippen LogP contribution in [0.5, 0.6) is 0 Å². The summed E-state index contributed by atoms with van der Waals surface area (Å²) in [7, 11) is 0. The minimum atomic E-state index is -0.128. The van der Waals surface area contributed by atoms with Crippen molar-refractivity contribution in [3.05, 3.63) is 22.7 Å². The molecule has 0 spiro atoms. The summed E-state index contributed by atoms with van der Waals surface area (Å²) in [6.07, 6.45) is 7.41. The first kappa shape index (κ1) is 20.6. The van der Waals surface area contributed by atoms with Gasteiger partial charge in [0.15, 0.2) is 5.13 Å². The van der Waals surface area contributed by atoms with Crippen LogP contribution in [0.3, 0.4) is 0 Å². The minimum absolute atomic E-state index is 0.128. The number of allylic oxidation sites excluding steroid dienone is 2. The van der Waals surface area contributed by atoms with Crippen LogP contribution in [0.25, 0.3) is 0 Å². The molecule has 1 fully saturated rings. The second kappa shape index (κ2) is 11.1. The van der Waals surface area contributed by atoms with Crippen LogP contribution in [0.15, 0.2) is 22.1 Å². The van der Waals surface area contributed by atoms with E-state index < -0.39 is 0 Å². The Morgan fingerprint density at radius 2 is 2.23 bits per heavy atom. The Morgan fingerprint density at radius 3 is 2.96 bits per heavy atom. The Labute approximate surface area is 160 Å². The summed E-state index contributed by atoms with van der Waals surface area (Å²) in [5.74, 6) is 0.429. The van der Waals surface area contributed by atoms with Crippen LogP contribution < -0.4 is 10.3 Å². The smallest absolute Gasteiger partial charge is 0.246 e. The Bertz CT molecular complexity index is 617. The quantitative estimate of drug-likeness (QED) is 0.406. The molecule has 0 radical (unpaired) electrons. The number of hydrogen-bond donors (Lipinski definition) is 1. The molecule has 2 rings (SSSR count). The number of morpholine rings is 1. The highest BCUT2D eigenvalue weighted by Crippen LogP contribution is 2.21. The molecule has 1 N–H and O–H groups in total. The highest BCUT2D eigenvalue weighted by Gasteiger charge is 2.15. The van der Waals surface area contributed by atoms with Crippen molar-refractivity contribution in [1.29, 1.82) is 0 Å². The third-order valence-electron chi connectivity index (χ3n) is 4.16. The second-order valence-electron chi connectivity index (χ2n) is 6.94. The first-order chi connectivity index (χ1) is 12.5. The SMILES string of the molecule is CC(C)=CCC[C@@H](C)C/C=N\NC(=O)Cc1csc(N2CCOCC2)n1. The summed E-state index contributed by atoms with van der Waals surface area (Å²) in [6, 6.07) is 0. The molecule has 1 aliphatic rings. The maximum Gasteiger partial charge on any atom is 0.246 e. The van der Waals surface area contributed by atoms with E-state index in [1.165, 1.54) is 5.57 Å². The van der Waals surface area contributed by atoms with Crippen molar-refractivity contribution in [1.82, 2.24) is 10.4 Å². The van der Waals surface area contributed by atoms with Gasteiger partial charge >= 0.3 is 0 Å². The number of thiazole rings is 1. The maximum atomic E-state index is 12.0. The largest absolute Gasteiger partial charge is 0.378 e. The third kappa shape index (κ3) is 7.66. The average Bonchev–Trinajstić information content (AvgIpc) is 3.07. The molecule has 1 atom stereocenters. The van der Waals surface area contributed by atoms with Gasteiger partial charge in [0.2, 0.25) is 5.91 Å². The van der Waals surface area contributed by atoms with Gasteiger partial charge in [-0.15, -0.1) is 11.3 Å². The number of amides is 1. The predicted octanol–water partition coefficient (Wildman–Crippen LogP) is 3.40. The van der Waals surface area contributed by atoms with Crippen molar-refractivity contribution >= 4 is 28.6 Å². The molecule has 1 saturated heterocycles. The lowest BCUT2D eigenvalue weighted by molar-refractivity contribution is -0.120. The zero-order valence-corrected chi connectivity index (χ0v) is 16.8. The normalized spacial score (nSPS) is 15.9. The molecule has 2 heterocycles. The molecule has 1 aliphatic heterocycles. The van der Waals surface area contributed by atoms with Crippen LogP contribution in [0.4, 0.5) is 5.13 Å². The number of carbonyl (C=O) groups is 1. The van der Waals surface area contributed by atoms with Crippen LogP contribution in [-0.2, 0) is 16.0 Å². The molecule has 0 unspecified atom stereocenters. The Kier molecular flexibility index (Phi) is 8.77. The monoisotopic (exact) mass is 378 g/mol. The first-order valence-corrected chi connectivity index (χ1v) is 10.1. The molecule has 6 nitrogen and oxygen atoms in total. The molecule has 1 aromatic heterocycles. The summed E-state index contributed by atoms with van der Waals surface area (Å²) in [6.45, 7) is 9.62. The van der Waals surface area contributed by atoms with E-state index in [1.54, 1.807) is 17.6 Å². The van der Waals surface area contributed by atoms with E-state index in [9.17, 15) is 4.79 Å². The van der Waals surface area contributed by atoms with Crippen LogP contribution in [0.1, 0.15) is 45.7 Å². The number of ether oxygens (including phenoxy) is 1. The molecule has 0 aliphatic carbocycles. The molecule has 0 aromatic carbocycles. The van der Waals surface area contributed by atoms with Gasteiger partial charge in [-0.25, -0.2) is 10.4 Å². The van der Waals surface area contributed by atoms with Gasteiger partial charge in [0.1, 0.15) is 0 Å². The van der Waals surface area contributed by atoms with Crippen LogP contribution in [-0.4, -0.2) is 43.4 Å². The molecule has 144 valence electrons. The van der Waals surface area contributed by atoms with Crippen LogP contribution in [0.2, 0.25) is 0 Å². The zero-order valence-electron chi connectivity index (χ0n) is 16.0. The molecule has 0 saturated carbocycles. The van der Waals surface area contributed by atoms with Gasteiger partial charge in [-0.05, 0) is 39.0 Å². The summed E-state index contributed by atoms with van der Waals surface area (Å²) >= 11 is 1.58. The fraction of sp³-hybridized carbons (Fsp3) is 0.632. The van der Waals surface area contributed by atoms with Gasteiger partial charge in [-0.3, -0.25) is 4.79 Å². The van der Waals surface area contributed by atoms with Crippen LogP contribution >= 0.6 is 11.3 Å². The lowest BCUT2D eigenvalue weighted by atomic mass is 10.0. The van der Waals surface area contributed by atoms with Gasteiger partial charge < -0.3 is 9.64 Å². The molecule has 26 heavy (non-hydrogen) atoms. The molecular weight excluding hydrogens is 348 g/mol. The number of nitrogens with zero attached hydrogens (tertiary/aromatic N) is 3. The Balaban J connectivity index is 1.67. The first-order valence-electron chi connectivity index (χ1n) is 9.25. The van der Waals surface area contributed by atoms with E-state index in [0.717, 1.165) is 56.4 Å². The van der Waals surface area contributed by atoms with Crippen molar-refractivity contribution < 1.29 is 9.53 Å². The summed E-state index contributed by atoms with van der Waals surface area (Å²) in [4.78, 5) is 18.7. The minimum Gasteiger partial charge on any atom is -0.378 e. The van der Waals surface area contributed by atoms with E-state index in [-0.39, 0.29) is 12.3 Å². The van der Waals surface area contributed by atoms with Gasteiger partial charge in [-0.1, -0.05) is 18.6 Å². The van der Waals surface area contributed by atoms with Crippen LogP contribution in [0, 0.1) is 5.92 Å². The summed E-state index contributed by atoms with van der Waals surface area (Å²) in [5, 5.41) is 6.96. The molecule has 1 amide bonds. The van der Waals surface area contributed by atoms with Crippen molar-refractivity contribution in [2.45, 2.75) is 46.5 Å². The second-order valence-corrected chi connectivity index (χ2v) is 7.78. The molecule has 0 bridgehead atoms. The fourth-order valence-corrected chi connectivity index (χ4v) is 3.49. The van der Waals surface area contributed by atoms with Gasteiger partial charge in [0, 0.05) is 24.7 Å². The fourth-order valence-electron chi connectivity index (χ4n) is 2.61. The molecular formula is C19H30N4O2S. The maximum absolute atomic E-state index is 12.0. The number of rotatable bonds is 9. The standard InChI is InChI=1S/C19H30N4O2S/c1-15(2)5-4-6-16(3)7-8-20-22-18(24)13-17-14-26-19(21-17)23-9-11-25-12-10-23/h5,8,14,16H,4,6-7,9-13H2,1-3H3,(H,22,24)/b20-8-/t16-/m1/s1. The topological polar surface area (TPSA) is 66.8 Å². The van der Waals surface area contributed by atoms with Gasteiger partial charge in [0.05, 0.1) is 25.3 Å². The number of carbonyl (C=O) groups excluding carboxylic acids is 1. The van der Waals surface area contributed by atoms with E-state index in [0.29, 0.717) is 5.92 Å². The van der Waals surface area contributed by atoms with Crippen molar-refractivity contribution in [2.75, 3.05) is 31.2 Å². The Morgan fingerprint density at radius 1 is 1.46 bits per heavy atom. The number of hydrogen-bond acceptors (Lipinski definition) is 6. The van der Waals surface area contributed by atoms with Crippen molar-refractivity contribution in [2.24, 2.45) is 11.0 Å². The zero-order chi connectivity index (χ0) is 18.8.